The summed E-state index contributed by atoms with van der Waals surface area (Å²) in [5.74, 6) is 0.325. The molecule has 2 rings (SSSR count). The first kappa shape index (κ1) is 11.4. The third-order valence-electron chi connectivity index (χ3n) is 2.85. The molecular weight excluding hydrogens is 202 g/mol. The van der Waals surface area contributed by atoms with E-state index in [9.17, 15) is 5.11 Å². The minimum absolute atomic E-state index is 0.0465. The highest BCUT2D eigenvalue weighted by atomic mass is 16.5. The fraction of sp³-hybridized carbons (Fsp3) is 0.538. The van der Waals surface area contributed by atoms with E-state index in [-0.39, 0.29) is 5.60 Å². The lowest BCUT2D eigenvalue weighted by atomic mass is 10.1. The lowest BCUT2D eigenvalue weighted by molar-refractivity contribution is -0.0882. The van der Waals surface area contributed by atoms with Gasteiger partial charge >= 0.3 is 0 Å². The zero-order chi connectivity index (χ0) is 11.6. The van der Waals surface area contributed by atoms with Gasteiger partial charge in [-0.05, 0) is 31.5 Å². The van der Waals surface area contributed by atoms with E-state index in [2.05, 4.69) is 18.7 Å². The zero-order valence-corrected chi connectivity index (χ0v) is 9.94. The molecule has 1 aliphatic heterocycles. The van der Waals surface area contributed by atoms with Gasteiger partial charge in [-0.1, -0.05) is 12.1 Å². The minimum Gasteiger partial charge on any atom is -0.508 e. The second-order valence-corrected chi connectivity index (χ2v) is 4.99. The smallest absolute Gasteiger partial charge is 0.115 e. The molecule has 0 aromatic heterocycles. The van der Waals surface area contributed by atoms with Crippen molar-refractivity contribution in [1.29, 1.82) is 0 Å². The minimum atomic E-state index is -0.0465. The van der Waals surface area contributed by atoms with Gasteiger partial charge in [0.15, 0.2) is 0 Å². The van der Waals surface area contributed by atoms with Gasteiger partial charge in [-0.3, -0.25) is 4.90 Å². The summed E-state index contributed by atoms with van der Waals surface area (Å²) < 4.78 is 5.67. The van der Waals surface area contributed by atoms with Gasteiger partial charge in [0, 0.05) is 19.6 Å². The molecule has 1 aromatic rings. The van der Waals surface area contributed by atoms with Gasteiger partial charge in [0.05, 0.1) is 12.2 Å². The molecule has 0 radical (unpaired) electrons. The second kappa shape index (κ2) is 4.44. The predicted octanol–water partition coefficient (Wildman–Crippen LogP) is 2.00. The van der Waals surface area contributed by atoms with Crippen molar-refractivity contribution in [2.75, 3.05) is 19.7 Å². The van der Waals surface area contributed by atoms with Crippen LogP contribution in [0.5, 0.6) is 5.75 Å². The van der Waals surface area contributed by atoms with Crippen LogP contribution in [-0.2, 0) is 11.3 Å². The van der Waals surface area contributed by atoms with Crippen LogP contribution >= 0.6 is 0 Å². The number of rotatable bonds is 2. The van der Waals surface area contributed by atoms with E-state index in [0.717, 1.165) is 26.2 Å². The number of benzene rings is 1. The maximum Gasteiger partial charge on any atom is 0.115 e. The summed E-state index contributed by atoms with van der Waals surface area (Å²) in [4.78, 5) is 2.38. The van der Waals surface area contributed by atoms with Crippen molar-refractivity contribution in [3.8, 4) is 5.75 Å². The van der Waals surface area contributed by atoms with E-state index in [4.69, 9.17) is 4.74 Å². The van der Waals surface area contributed by atoms with E-state index in [1.54, 1.807) is 12.1 Å². The molecule has 0 unspecified atom stereocenters. The van der Waals surface area contributed by atoms with Crippen molar-refractivity contribution in [1.82, 2.24) is 4.90 Å². The second-order valence-electron chi connectivity index (χ2n) is 4.99. The number of ether oxygens (including phenoxy) is 1. The average molecular weight is 221 g/mol. The Morgan fingerprint density at radius 1 is 1.31 bits per heavy atom. The molecule has 88 valence electrons. The number of phenols is 1. The first-order chi connectivity index (χ1) is 7.55. The number of morpholine rings is 1. The van der Waals surface area contributed by atoms with Crippen LogP contribution < -0.4 is 0 Å². The van der Waals surface area contributed by atoms with Crippen molar-refractivity contribution >= 4 is 0 Å². The molecule has 0 bridgehead atoms. The van der Waals surface area contributed by atoms with E-state index in [0.29, 0.717) is 5.75 Å². The normalized spacial score (nSPS) is 20.9. The lowest BCUT2D eigenvalue weighted by Crippen LogP contribution is -2.47. The van der Waals surface area contributed by atoms with Crippen LogP contribution in [0.25, 0.3) is 0 Å². The van der Waals surface area contributed by atoms with Crippen LogP contribution in [0.1, 0.15) is 19.4 Å². The average Bonchev–Trinajstić information content (AvgIpc) is 2.20. The van der Waals surface area contributed by atoms with E-state index >= 15 is 0 Å². The van der Waals surface area contributed by atoms with Crippen LogP contribution in [0.2, 0.25) is 0 Å². The summed E-state index contributed by atoms with van der Waals surface area (Å²) in [7, 11) is 0. The molecule has 1 fully saturated rings. The maximum atomic E-state index is 9.21. The van der Waals surface area contributed by atoms with Crippen molar-refractivity contribution in [2.45, 2.75) is 26.0 Å². The van der Waals surface area contributed by atoms with Gasteiger partial charge in [-0.2, -0.15) is 0 Å². The fourth-order valence-electron chi connectivity index (χ4n) is 2.11. The molecule has 0 atom stereocenters. The Labute approximate surface area is 96.6 Å². The first-order valence-electron chi connectivity index (χ1n) is 5.69. The number of aromatic hydroxyl groups is 1. The Kier molecular flexibility index (Phi) is 3.17. The van der Waals surface area contributed by atoms with Crippen molar-refractivity contribution < 1.29 is 9.84 Å². The lowest BCUT2D eigenvalue weighted by Gasteiger charge is -2.38. The molecular formula is C13H19NO2. The number of hydrogen-bond donors (Lipinski definition) is 1. The van der Waals surface area contributed by atoms with Gasteiger partial charge in [-0.15, -0.1) is 0 Å². The molecule has 3 nitrogen and oxygen atoms in total. The van der Waals surface area contributed by atoms with Gasteiger partial charge in [-0.25, -0.2) is 0 Å². The molecule has 0 amide bonds. The van der Waals surface area contributed by atoms with E-state index in [1.165, 1.54) is 5.56 Å². The Balaban J connectivity index is 1.97. The Hall–Kier alpha value is -1.06. The molecule has 1 N–H and O–H groups in total. The third-order valence-corrected chi connectivity index (χ3v) is 2.85. The molecule has 0 saturated carbocycles. The van der Waals surface area contributed by atoms with Crippen molar-refractivity contribution in [3.63, 3.8) is 0 Å². The summed E-state index contributed by atoms with van der Waals surface area (Å²) >= 11 is 0. The number of nitrogens with zero attached hydrogens (tertiary/aromatic N) is 1. The standard InChI is InChI=1S/C13H19NO2/c1-13(2)10-14(7-8-16-13)9-11-3-5-12(15)6-4-11/h3-6,15H,7-10H2,1-2H3. The van der Waals surface area contributed by atoms with Crippen LogP contribution in [0.3, 0.4) is 0 Å². The van der Waals surface area contributed by atoms with E-state index in [1.807, 2.05) is 12.1 Å². The quantitative estimate of drug-likeness (QED) is 0.829. The van der Waals surface area contributed by atoms with Crippen LogP contribution in [0.15, 0.2) is 24.3 Å². The molecule has 1 saturated heterocycles. The van der Waals surface area contributed by atoms with Crippen LogP contribution in [0.4, 0.5) is 0 Å². The summed E-state index contributed by atoms with van der Waals surface area (Å²) in [5.41, 5.74) is 1.19. The summed E-state index contributed by atoms with van der Waals surface area (Å²) in [6, 6.07) is 7.41. The van der Waals surface area contributed by atoms with Gasteiger partial charge < -0.3 is 9.84 Å². The molecule has 3 heteroatoms. The van der Waals surface area contributed by atoms with Crippen LogP contribution in [0, 0.1) is 0 Å². The van der Waals surface area contributed by atoms with Crippen molar-refractivity contribution in [3.05, 3.63) is 29.8 Å². The molecule has 0 spiro atoms. The summed E-state index contributed by atoms with van der Waals surface area (Å²) in [6.45, 7) is 7.89. The Morgan fingerprint density at radius 2 is 2.00 bits per heavy atom. The maximum absolute atomic E-state index is 9.21. The SMILES string of the molecule is CC1(C)CN(Cc2ccc(O)cc2)CCO1. The highest BCUT2D eigenvalue weighted by molar-refractivity contribution is 5.25. The van der Waals surface area contributed by atoms with Gasteiger partial charge in [0.2, 0.25) is 0 Å². The topological polar surface area (TPSA) is 32.7 Å². The Morgan fingerprint density at radius 3 is 2.62 bits per heavy atom. The summed E-state index contributed by atoms with van der Waals surface area (Å²) in [5, 5.41) is 9.21. The molecule has 0 aliphatic carbocycles. The van der Waals surface area contributed by atoms with Crippen molar-refractivity contribution in [2.24, 2.45) is 0 Å². The third kappa shape index (κ3) is 2.97. The molecule has 1 heterocycles. The molecule has 1 aromatic carbocycles. The van der Waals surface area contributed by atoms with E-state index < -0.39 is 0 Å². The predicted molar refractivity (Wildman–Crippen MR) is 63.4 cm³/mol. The summed E-state index contributed by atoms with van der Waals surface area (Å²) in [6.07, 6.45) is 0. The number of phenolic OH excluding ortho intramolecular Hbond substituents is 1. The zero-order valence-electron chi connectivity index (χ0n) is 9.94. The number of hydrogen-bond acceptors (Lipinski definition) is 3. The molecule has 1 aliphatic rings. The fourth-order valence-corrected chi connectivity index (χ4v) is 2.11. The largest absolute Gasteiger partial charge is 0.508 e. The highest BCUT2D eigenvalue weighted by Crippen LogP contribution is 2.19. The van der Waals surface area contributed by atoms with Gasteiger partial charge in [0.1, 0.15) is 5.75 Å². The van der Waals surface area contributed by atoms with Crippen LogP contribution in [-0.4, -0.2) is 35.3 Å². The highest BCUT2D eigenvalue weighted by Gasteiger charge is 2.26. The Bertz CT molecular complexity index is 345. The monoisotopic (exact) mass is 221 g/mol. The molecule has 16 heavy (non-hydrogen) atoms. The first-order valence-corrected chi connectivity index (χ1v) is 5.69. The van der Waals surface area contributed by atoms with Gasteiger partial charge in [0.25, 0.3) is 0 Å².